The summed E-state index contributed by atoms with van der Waals surface area (Å²) in [6, 6.07) is 1.58. The lowest BCUT2D eigenvalue weighted by atomic mass is 10.00. The molecule has 2 rings (SSSR count). The smallest absolute Gasteiger partial charge is 0.256 e. The molecule has 0 bridgehead atoms. The fourth-order valence-corrected chi connectivity index (χ4v) is 5.85. The second-order valence-electron chi connectivity index (χ2n) is 7.98. The SMILES string of the molecule is CCN(CC)S(=O)(=O)c1scc(N=C(N)C(N)=N[C@@H](c2cc(C(C)C)co2)C(C)C)c1O. The number of rotatable bonds is 9. The molecule has 0 unspecified atom stereocenters. The molecule has 2 heterocycles. The molecule has 32 heavy (non-hydrogen) atoms. The van der Waals surface area contributed by atoms with Crippen molar-refractivity contribution in [1.29, 1.82) is 0 Å². The molecule has 2 aromatic rings. The lowest BCUT2D eigenvalue weighted by Gasteiger charge is -2.17. The number of nitrogens with two attached hydrogens (primary N) is 2. The molecule has 0 aliphatic heterocycles. The maximum atomic E-state index is 12.7. The number of thiophene rings is 1. The monoisotopic (exact) mass is 483 g/mol. The number of hydrogen-bond acceptors (Lipinski definition) is 7. The predicted molar refractivity (Wildman–Crippen MR) is 129 cm³/mol. The third-order valence-electron chi connectivity index (χ3n) is 5.00. The second-order valence-corrected chi connectivity index (χ2v) is 11.0. The van der Waals surface area contributed by atoms with E-state index in [1.165, 1.54) is 9.69 Å². The summed E-state index contributed by atoms with van der Waals surface area (Å²) in [5.74, 6) is 0.469. The summed E-state index contributed by atoms with van der Waals surface area (Å²) in [6.45, 7) is 12.2. The fraction of sp³-hybridized carbons (Fsp3) is 0.524. The Bertz CT molecular complexity index is 1080. The van der Waals surface area contributed by atoms with E-state index in [1.54, 1.807) is 20.1 Å². The average Bonchev–Trinajstić information content (AvgIpc) is 3.34. The molecule has 0 amide bonds. The van der Waals surface area contributed by atoms with Gasteiger partial charge in [-0.2, -0.15) is 4.31 Å². The van der Waals surface area contributed by atoms with Crippen LogP contribution in [0.1, 0.15) is 64.8 Å². The lowest BCUT2D eigenvalue weighted by Crippen LogP contribution is -2.32. The molecule has 178 valence electrons. The standard InChI is InChI=1S/C21H33N5O4S2/c1-7-26(8-2)32(28,29)21-18(27)15(11-31-21)24-19(22)20(23)25-17(13(5)6)16-9-14(10-30-16)12(3)4/h9-13,17,27H,7-8H2,1-6H3,(H2,22,24)(H2,23,25)/t17-/m1/s1. The fourth-order valence-electron chi connectivity index (χ4n) is 3.04. The van der Waals surface area contributed by atoms with E-state index in [4.69, 9.17) is 15.9 Å². The van der Waals surface area contributed by atoms with Crippen LogP contribution in [-0.2, 0) is 10.0 Å². The topological polar surface area (TPSA) is 148 Å². The maximum absolute atomic E-state index is 12.7. The molecule has 9 nitrogen and oxygen atoms in total. The highest BCUT2D eigenvalue weighted by Gasteiger charge is 2.29. The van der Waals surface area contributed by atoms with Gasteiger partial charge in [0.1, 0.15) is 17.5 Å². The Labute approximate surface area is 193 Å². The quantitative estimate of drug-likeness (QED) is 0.363. The Balaban J connectivity index is 2.37. The Morgan fingerprint density at radius 3 is 2.31 bits per heavy atom. The Morgan fingerprint density at radius 1 is 1.19 bits per heavy atom. The average molecular weight is 484 g/mol. The van der Waals surface area contributed by atoms with Gasteiger partial charge in [0.05, 0.1) is 6.26 Å². The summed E-state index contributed by atoms with van der Waals surface area (Å²) >= 11 is 0.879. The molecule has 0 aliphatic carbocycles. The third-order valence-corrected chi connectivity index (χ3v) is 8.53. The minimum atomic E-state index is -3.82. The van der Waals surface area contributed by atoms with Gasteiger partial charge in [0, 0.05) is 18.5 Å². The third kappa shape index (κ3) is 5.51. The van der Waals surface area contributed by atoms with Crippen molar-refractivity contribution in [1.82, 2.24) is 4.31 Å². The van der Waals surface area contributed by atoms with Gasteiger partial charge in [0.2, 0.25) is 0 Å². The molecular weight excluding hydrogens is 450 g/mol. The molecular formula is C21H33N5O4S2. The normalized spacial score (nSPS) is 14.7. The summed E-state index contributed by atoms with van der Waals surface area (Å²) in [6.07, 6.45) is 1.71. The van der Waals surface area contributed by atoms with Gasteiger partial charge in [-0.05, 0) is 23.5 Å². The molecule has 1 atom stereocenters. The molecule has 0 aliphatic rings. The van der Waals surface area contributed by atoms with Crippen LogP contribution in [0, 0.1) is 5.92 Å². The van der Waals surface area contributed by atoms with Gasteiger partial charge in [0.15, 0.2) is 21.6 Å². The molecule has 0 spiro atoms. The number of sulfonamides is 1. The molecule has 5 N–H and O–H groups in total. The van der Waals surface area contributed by atoms with Crippen molar-refractivity contribution in [3.05, 3.63) is 29.0 Å². The number of aromatic hydroxyl groups is 1. The van der Waals surface area contributed by atoms with Crippen LogP contribution in [0.2, 0.25) is 0 Å². The van der Waals surface area contributed by atoms with E-state index < -0.39 is 15.8 Å². The van der Waals surface area contributed by atoms with Gasteiger partial charge in [-0.25, -0.2) is 13.4 Å². The minimum absolute atomic E-state index is 0.0232. The van der Waals surface area contributed by atoms with E-state index >= 15 is 0 Å². The zero-order chi connectivity index (χ0) is 24.2. The van der Waals surface area contributed by atoms with Crippen LogP contribution in [0.5, 0.6) is 5.75 Å². The number of furan rings is 1. The van der Waals surface area contributed by atoms with Crippen molar-refractivity contribution >= 4 is 38.7 Å². The Hall–Kier alpha value is -2.37. The number of nitrogens with zero attached hydrogens (tertiary/aromatic N) is 3. The largest absolute Gasteiger partial charge is 0.504 e. The second kappa shape index (κ2) is 10.5. The van der Waals surface area contributed by atoms with Gasteiger partial charge < -0.3 is 21.0 Å². The molecule has 0 saturated carbocycles. The molecule has 0 aromatic carbocycles. The van der Waals surface area contributed by atoms with E-state index in [2.05, 4.69) is 23.8 Å². The van der Waals surface area contributed by atoms with Crippen LogP contribution in [0.15, 0.2) is 36.3 Å². The van der Waals surface area contributed by atoms with Crippen molar-refractivity contribution in [2.75, 3.05) is 13.1 Å². The highest BCUT2D eigenvalue weighted by molar-refractivity contribution is 7.91. The number of aliphatic imine (C=N–C) groups is 2. The first-order valence-corrected chi connectivity index (χ1v) is 12.8. The maximum Gasteiger partial charge on any atom is 0.256 e. The summed E-state index contributed by atoms with van der Waals surface area (Å²) in [7, 11) is -3.82. The highest BCUT2D eigenvalue weighted by Crippen LogP contribution is 2.41. The van der Waals surface area contributed by atoms with Crippen molar-refractivity contribution in [3.63, 3.8) is 0 Å². The van der Waals surface area contributed by atoms with E-state index in [1.807, 2.05) is 19.9 Å². The minimum Gasteiger partial charge on any atom is -0.504 e. The van der Waals surface area contributed by atoms with Gasteiger partial charge >= 0.3 is 0 Å². The van der Waals surface area contributed by atoms with E-state index in [0.29, 0.717) is 24.8 Å². The summed E-state index contributed by atoms with van der Waals surface area (Å²) in [5.41, 5.74) is 13.2. The van der Waals surface area contributed by atoms with E-state index in [-0.39, 0.29) is 33.5 Å². The number of hydrogen-bond donors (Lipinski definition) is 3. The Kier molecular flexibility index (Phi) is 8.49. The van der Waals surface area contributed by atoms with Crippen molar-refractivity contribution < 1.29 is 17.9 Å². The highest BCUT2D eigenvalue weighted by atomic mass is 32.2. The molecule has 0 fully saturated rings. The molecule has 2 aromatic heterocycles. The van der Waals surface area contributed by atoms with Crippen LogP contribution in [0.25, 0.3) is 0 Å². The van der Waals surface area contributed by atoms with Gasteiger partial charge in [-0.3, -0.25) is 4.99 Å². The summed E-state index contributed by atoms with van der Waals surface area (Å²) in [4.78, 5) is 8.62. The summed E-state index contributed by atoms with van der Waals surface area (Å²) in [5, 5.41) is 11.9. The molecule has 11 heteroatoms. The van der Waals surface area contributed by atoms with Crippen LogP contribution < -0.4 is 11.5 Å². The van der Waals surface area contributed by atoms with Crippen LogP contribution in [0.3, 0.4) is 0 Å². The molecule has 0 saturated heterocycles. The van der Waals surface area contributed by atoms with Gasteiger partial charge in [-0.1, -0.05) is 41.5 Å². The van der Waals surface area contributed by atoms with Crippen molar-refractivity contribution in [2.24, 2.45) is 27.4 Å². The zero-order valence-electron chi connectivity index (χ0n) is 19.4. The summed E-state index contributed by atoms with van der Waals surface area (Å²) < 4.78 is 32.2. The first kappa shape index (κ1) is 25.9. The van der Waals surface area contributed by atoms with E-state index in [0.717, 1.165) is 16.9 Å². The predicted octanol–water partition coefficient (Wildman–Crippen LogP) is 3.94. The first-order valence-electron chi connectivity index (χ1n) is 10.5. The van der Waals surface area contributed by atoms with Gasteiger partial charge in [0.25, 0.3) is 10.0 Å². The van der Waals surface area contributed by atoms with Crippen LogP contribution in [0.4, 0.5) is 5.69 Å². The van der Waals surface area contributed by atoms with Crippen LogP contribution >= 0.6 is 11.3 Å². The first-order chi connectivity index (χ1) is 14.9. The van der Waals surface area contributed by atoms with Crippen molar-refractivity contribution in [2.45, 2.75) is 57.7 Å². The number of amidine groups is 2. The van der Waals surface area contributed by atoms with Crippen molar-refractivity contribution in [3.8, 4) is 5.75 Å². The van der Waals surface area contributed by atoms with E-state index in [9.17, 15) is 13.5 Å². The molecule has 0 radical (unpaired) electrons. The zero-order valence-corrected chi connectivity index (χ0v) is 21.0. The lowest BCUT2D eigenvalue weighted by molar-refractivity contribution is 0.404. The Morgan fingerprint density at radius 2 is 1.81 bits per heavy atom. The van der Waals surface area contributed by atoms with Gasteiger partial charge in [-0.15, -0.1) is 11.3 Å². The van der Waals surface area contributed by atoms with Crippen LogP contribution in [-0.4, -0.2) is 42.6 Å².